The smallest absolute Gasteiger partial charge is 0.311 e. The first-order valence-electron chi connectivity index (χ1n) is 7.69. The van der Waals surface area contributed by atoms with E-state index in [9.17, 15) is 10.1 Å². The fourth-order valence-electron chi connectivity index (χ4n) is 4.56. The van der Waals surface area contributed by atoms with Crippen molar-refractivity contribution in [2.75, 3.05) is 0 Å². The number of carbonyl (C=O) groups is 1. The molecule has 0 radical (unpaired) electrons. The molecule has 5 nitrogen and oxygen atoms in total. The molecule has 2 aliphatic heterocycles. The average Bonchev–Trinajstić information content (AvgIpc) is 2.56. The molecular weight excluding hydrogens is 260 g/mol. The fraction of sp³-hybridized carbons (Fsp3) is 0.933. The van der Waals surface area contributed by atoms with E-state index in [2.05, 4.69) is 6.92 Å². The van der Waals surface area contributed by atoms with Crippen LogP contribution in [0.3, 0.4) is 0 Å². The lowest BCUT2D eigenvalue weighted by Gasteiger charge is -2.55. The monoisotopic (exact) mass is 284 g/mol. The maximum Gasteiger partial charge on any atom is 0.311 e. The van der Waals surface area contributed by atoms with Gasteiger partial charge >= 0.3 is 5.97 Å². The zero-order chi connectivity index (χ0) is 14.5. The van der Waals surface area contributed by atoms with Gasteiger partial charge in [0.05, 0.1) is 12.0 Å². The van der Waals surface area contributed by atoms with E-state index in [4.69, 9.17) is 14.4 Å². The highest BCUT2D eigenvalue weighted by atomic mass is 17.1. The van der Waals surface area contributed by atoms with Gasteiger partial charge in [0, 0.05) is 11.8 Å². The molecule has 0 bridgehead atoms. The van der Waals surface area contributed by atoms with Gasteiger partial charge in [-0.25, -0.2) is 4.89 Å². The predicted octanol–water partition coefficient (Wildman–Crippen LogP) is 2.60. The zero-order valence-electron chi connectivity index (χ0n) is 12.4. The molecule has 3 fully saturated rings. The van der Waals surface area contributed by atoms with Crippen LogP contribution in [0.1, 0.15) is 46.5 Å². The molecule has 3 aliphatic rings. The summed E-state index contributed by atoms with van der Waals surface area (Å²) >= 11 is 0. The Morgan fingerprint density at radius 1 is 1.15 bits per heavy atom. The third kappa shape index (κ3) is 1.83. The summed E-state index contributed by atoms with van der Waals surface area (Å²) in [6, 6.07) is 0. The van der Waals surface area contributed by atoms with Gasteiger partial charge in [0.15, 0.2) is 5.60 Å². The largest absolute Gasteiger partial charge is 0.432 e. The van der Waals surface area contributed by atoms with Gasteiger partial charge < -0.3 is 9.47 Å². The van der Waals surface area contributed by atoms with Crippen LogP contribution in [0, 0.1) is 23.7 Å². The Balaban J connectivity index is 2.07. The summed E-state index contributed by atoms with van der Waals surface area (Å²) in [6.45, 7) is 6.04. The van der Waals surface area contributed by atoms with Crippen molar-refractivity contribution < 1.29 is 24.4 Å². The van der Waals surface area contributed by atoms with Crippen LogP contribution < -0.4 is 0 Å². The molecule has 20 heavy (non-hydrogen) atoms. The van der Waals surface area contributed by atoms with Gasteiger partial charge in [0.2, 0.25) is 6.29 Å². The van der Waals surface area contributed by atoms with Crippen molar-refractivity contribution in [2.24, 2.45) is 23.7 Å². The van der Waals surface area contributed by atoms with Crippen molar-refractivity contribution in [1.29, 1.82) is 0 Å². The maximum atomic E-state index is 12.1. The number of rotatable bonds is 1. The summed E-state index contributed by atoms with van der Waals surface area (Å²) in [5.74, 6) is 0.0567. The number of esters is 1. The molecule has 2 saturated heterocycles. The van der Waals surface area contributed by atoms with E-state index >= 15 is 0 Å². The third-order valence-corrected chi connectivity index (χ3v) is 5.74. The summed E-state index contributed by atoms with van der Waals surface area (Å²) in [5.41, 5.74) is -0.893. The first-order valence-corrected chi connectivity index (χ1v) is 7.69. The van der Waals surface area contributed by atoms with E-state index in [0.717, 1.165) is 25.7 Å². The SMILES string of the molecule is CC1CCC2C(C)CCC3C(C)C(=O)OC(O1)C23OO. The van der Waals surface area contributed by atoms with Crippen LogP contribution >= 0.6 is 0 Å². The quantitative estimate of drug-likeness (QED) is 0.455. The number of hydrogen-bond acceptors (Lipinski definition) is 5. The molecule has 0 aromatic heterocycles. The highest BCUT2D eigenvalue weighted by Crippen LogP contribution is 2.55. The van der Waals surface area contributed by atoms with Crippen LogP contribution in [-0.2, 0) is 19.2 Å². The lowest BCUT2D eigenvalue weighted by Crippen LogP contribution is -2.66. The molecule has 1 N–H and O–H groups in total. The van der Waals surface area contributed by atoms with Gasteiger partial charge in [0.25, 0.3) is 0 Å². The van der Waals surface area contributed by atoms with Crippen molar-refractivity contribution in [3.8, 4) is 0 Å². The third-order valence-electron chi connectivity index (χ3n) is 5.74. The molecule has 0 spiro atoms. The van der Waals surface area contributed by atoms with Crippen molar-refractivity contribution in [1.82, 2.24) is 0 Å². The fourth-order valence-corrected chi connectivity index (χ4v) is 4.56. The Morgan fingerprint density at radius 3 is 2.55 bits per heavy atom. The van der Waals surface area contributed by atoms with Gasteiger partial charge in [0.1, 0.15) is 0 Å². The summed E-state index contributed by atoms with van der Waals surface area (Å²) in [4.78, 5) is 17.1. The molecule has 1 aliphatic carbocycles. The van der Waals surface area contributed by atoms with E-state index in [1.54, 1.807) is 0 Å². The van der Waals surface area contributed by atoms with Gasteiger partial charge in [-0.15, -0.1) is 0 Å². The van der Waals surface area contributed by atoms with E-state index in [-0.39, 0.29) is 29.8 Å². The van der Waals surface area contributed by atoms with Crippen LogP contribution in [0.2, 0.25) is 0 Å². The van der Waals surface area contributed by atoms with Gasteiger partial charge in [-0.3, -0.25) is 10.1 Å². The molecule has 0 aromatic rings. The average molecular weight is 284 g/mol. The van der Waals surface area contributed by atoms with E-state index in [1.165, 1.54) is 0 Å². The molecule has 7 unspecified atom stereocenters. The van der Waals surface area contributed by atoms with Crippen molar-refractivity contribution in [3.05, 3.63) is 0 Å². The number of carbonyl (C=O) groups excluding carboxylic acids is 1. The first-order chi connectivity index (χ1) is 9.50. The molecule has 2 heterocycles. The lowest BCUT2D eigenvalue weighted by molar-refractivity contribution is -0.424. The minimum Gasteiger partial charge on any atom is -0.432 e. The lowest BCUT2D eigenvalue weighted by atomic mass is 9.58. The first kappa shape index (κ1) is 14.3. The molecule has 1 saturated carbocycles. The highest BCUT2D eigenvalue weighted by molar-refractivity contribution is 5.74. The van der Waals surface area contributed by atoms with Crippen LogP contribution in [0.15, 0.2) is 0 Å². The number of hydrogen-bond donors (Lipinski definition) is 1. The Kier molecular flexibility index (Phi) is 3.55. The molecule has 3 rings (SSSR count). The maximum absolute atomic E-state index is 12.1. The molecule has 5 heteroatoms. The summed E-state index contributed by atoms with van der Waals surface area (Å²) in [7, 11) is 0. The zero-order valence-corrected chi connectivity index (χ0v) is 12.4. The van der Waals surface area contributed by atoms with E-state index in [1.807, 2.05) is 13.8 Å². The molecule has 0 aromatic carbocycles. The number of ether oxygens (including phenoxy) is 2. The van der Waals surface area contributed by atoms with Crippen LogP contribution in [0.25, 0.3) is 0 Å². The Morgan fingerprint density at radius 2 is 1.85 bits per heavy atom. The van der Waals surface area contributed by atoms with Gasteiger partial charge in [-0.05, 0) is 38.5 Å². The Hall–Kier alpha value is -0.650. The molecule has 0 amide bonds. The Bertz CT molecular complexity index is 398. The minimum atomic E-state index is -0.893. The second-order valence-corrected chi connectivity index (χ2v) is 6.79. The van der Waals surface area contributed by atoms with Crippen LogP contribution in [0.5, 0.6) is 0 Å². The van der Waals surface area contributed by atoms with Crippen LogP contribution in [-0.4, -0.2) is 29.2 Å². The summed E-state index contributed by atoms with van der Waals surface area (Å²) < 4.78 is 11.4. The van der Waals surface area contributed by atoms with Gasteiger partial charge in [-0.1, -0.05) is 13.8 Å². The molecule has 7 atom stereocenters. The van der Waals surface area contributed by atoms with Crippen molar-refractivity contribution in [3.63, 3.8) is 0 Å². The Labute approximate surface area is 119 Å². The molecule has 114 valence electrons. The van der Waals surface area contributed by atoms with E-state index < -0.39 is 11.9 Å². The van der Waals surface area contributed by atoms with Crippen molar-refractivity contribution >= 4 is 5.97 Å². The van der Waals surface area contributed by atoms with E-state index in [0.29, 0.717) is 5.92 Å². The summed E-state index contributed by atoms with van der Waals surface area (Å²) in [6.07, 6.45) is 2.97. The standard InChI is InChI=1S/C15H24O5/c1-8-4-6-12-10(3)13(16)19-14-15(12,20-17)11(8)7-5-9(2)18-14/h8-12,14,17H,4-7H2,1-3H3. The topological polar surface area (TPSA) is 65.0 Å². The summed E-state index contributed by atoms with van der Waals surface area (Å²) in [5, 5.41) is 9.74. The van der Waals surface area contributed by atoms with Gasteiger partial charge in [-0.2, -0.15) is 0 Å². The van der Waals surface area contributed by atoms with Crippen LogP contribution in [0.4, 0.5) is 0 Å². The van der Waals surface area contributed by atoms with Crippen molar-refractivity contribution in [2.45, 2.75) is 64.4 Å². The molecular formula is C15H24O5. The second-order valence-electron chi connectivity index (χ2n) is 6.79. The normalized spacial score (nSPS) is 51.9. The highest BCUT2D eigenvalue weighted by Gasteiger charge is 2.65. The minimum absolute atomic E-state index is 0.00619. The predicted molar refractivity (Wildman–Crippen MR) is 70.6 cm³/mol. The second kappa shape index (κ2) is 4.97.